The number of nitrogens with zero attached hydrogens (tertiary/aromatic N) is 2. The zero-order chi connectivity index (χ0) is 20.6. The molecule has 3 rings (SSSR count). The average Bonchev–Trinajstić information content (AvgIpc) is 3.16. The number of thiocarbonyl (C=S) groups is 1. The summed E-state index contributed by atoms with van der Waals surface area (Å²) in [6.07, 6.45) is 5.42. The number of benzene rings is 2. The van der Waals surface area contributed by atoms with Crippen molar-refractivity contribution in [2.45, 2.75) is 33.2 Å². The fraction of sp³-hybridized carbons (Fsp3) is 0.217. The normalized spacial score (nSPS) is 11.0. The van der Waals surface area contributed by atoms with Crippen molar-refractivity contribution < 1.29 is 4.39 Å². The third-order valence-corrected chi connectivity index (χ3v) is 4.96. The van der Waals surface area contributed by atoms with Crippen molar-refractivity contribution in [2.24, 2.45) is 5.10 Å². The van der Waals surface area contributed by atoms with Crippen LogP contribution < -0.4 is 10.7 Å². The molecule has 6 heteroatoms. The van der Waals surface area contributed by atoms with Crippen LogP contribution in [0.5, 0.6) is 0 Å². The predicted octanol–water partition coefficient (Wildman–Crippen LogP) is 5.12. The molecule has 0 aliphatic rings. The van der Waals surface area contributed by atoms with Gasteiger partial charge >= 0.3 is 0 Å². The van der Waals surface area contributed by atoms with Crippen LogP contribution in [0.15, 0.2) is 65.9 Å². The van der Waals surface area contributed by atoms with Crippen LogP contribution in [-0.2, 0) is 19.4 Å². The first kappa shape index (κ1) is 20.7. The molecule has 1 aromatic heterocycles. The molecule has 2 aromatic carbocycles. The molecule has 4 nitrogen and oxygen atoms in total. The first-order valence-electron chi connectivity index (χ1n) is 9.71. The van der Waals surface area contributed by atoms with Crippen LogP contribution in [0, 0.1) is 5.82 Å². The second-order valence-corrected chi connectivity index (χ2v) is 7.04. The van der Waals surface area contributed by atoms with E-state index in [0.29, 0.717) is 17.2 Å². The van der Waals surface area contributed by atoms with Crippen LogP contribution in [0.25, 0.3) is 0 Å². The van der Waals surface area contributed by atoms with Crippen molar-refractivity contribution in [1.82, 2.24) is 9.99 Å². The summed E-state index contributed by atoms with van der Waals surface area (Å²) >= 11 is 5.41. The second kappa shape index (κ2) is 9.98. The zero-order valence-electron chi connectivity index (χ0n) is 16.7. The molecule has 0 fully saturated rings. The summed E-state index contributed by atoms with van der Waals surface area (Å²) in [7, 11) is 0. The molecule has 0 unspecified atom stereocenters. The number of aryl methyl sites for hydroxylation is 2. The SMILES string of the molecule is CCc1cccc(CC)c1NC(=S)NN=Cc1cccn1Cc1ccccc1F. The zero-order valence-corrected chi connectivity index (χ0v) is 17.5. The van der Waals surface area contributed by atoms with Crippen LogP contribution in [-0.4, -0.2) is 15.9 Å². The van der Waals surface area contributed by atoms with Crippen LogP contribution in [0.3, 0.4) is 0 Å². The lowest BCUT2D eigenvalue weighted by Crippen LogP contribution is -2.25. The number of anilines is 1. The summed E-state index contributed by atoms with van der Waals surface area (Å²) in [5, 5.41) is 7.96. The summed E-state index contributed by atoms with van der Waals surface area (Å²) in [5.74, 6) is -0.214. The standard InChI is InChI=1S/C23H25FN4S/c1-3-17-10-7-11-18(4-2)22(17)26-23(29)27-25-15-20-12-8-14-28(20)16-19-9-5-6-13-21(19)24/h5-15H,3-4,16H2,1-2H3,(H2,26,27,29). The Morgan fingerprint density at radius 3 is 2.38 bits per heavy atom. The van der Waals surface area contributed by atoms with E-state index in [0.717, 1.165) is 24.2 Å². The molecule has 0 radical (unpaired) electrons. The molecular weight excluding hydrogens is 383 g/mol. The lowest BCUT2D eigenvalue weighted by atomic mass is 10.0. The minimum Gasteiger partial charge on any atom is -0.342 e. The highest BCUT2D eigenvalue weighted by molar-refractivity contribution is 7.80. The van der Waals surface area contributed by atoms with E-state index in [9.17, 15) is 4.39 Å². The fourth-order valence-electron chi connectivity index (χ4n) is 3.20. The van der Waals surface area contributed by atoms with Crippen LogP contribution in [0.1, 0.15) is 36.2 Å². The Balaban J connectivity index is 1.65. The highest BCUT2D eigenvalue weighted by atomic mass is 32.1. The van der Waals surface area contributed by atoms with Crippen LogP contribution in [0.4, 0.5) is 10.1 Å². The molecular formula is C23H25FN4S. The van der Waals surface area contributed by atoms with Crippen molar-refractivity contribution >= 4 is 29.2 Å². The summed E-state index contributed by atoms with van der Waals surface area (Å²) < 4.78 is 15.8. The third kappa shape index (κ3) is 5.29. The Labute approximate surface area is 176 Å². The van der Waals surface area contributed by atoms with Crippen molar-refractivity contribution in [1.29, 1.82) is 0 Å². The van der Waals surface area contributed by atoms with E-state index < -0.39 is 0 Å². The summed E-state index contributed by atoms with van der Waals surface area (Å²) in [5.41, 5.74) is 7.85. The van der Waals surface area contributed by atoms with Gasteiger partial charge in [0.2, 0.25) is 0 Å². The van der Waals surface area contributed by atoms with E-state index in [-0.39, 0.29) is 5.82 Å². The van der Waals surface area contributed by atoms with E-state index in [1.54, 1.807) is 18.3 Å². The summed E-state index contributed by atoms with van der Waals surface area (Å²) in [4.78, 5) is 0. The lowest BCUT2D eigenvalue weighted by Gasteiger charge is -2.15. The van der Waals surface area contributed by atoms with Gasteiger partial charge in [-0.2, -0.15) is 5.10 Å². The average molecular weight is 409 g/mol. The topological polar surface area (TPSA) is 41.4 Å². The fourth-order valence-corrected chi connectivity index (χ4v) is 3.36. The molecule has 0 saturated carbocycles. The lowest BCUT2D eigenvalue weighted by molar-refractivity contribution is 0.599. The Kier molecular flexibility index (Phi) is 7.14. The van der Waals surface area contributed by atoms with E-state index in [1.807, 2.05) is 29.0 Å². The molecule has 0 amide bonds. The minimum atomic E-state index is -0.214. The number of halogens is 1. The molecule has 3 aromatic rings. The summed E-state index contributed by atoms with van der Waals surface area (Å²) in [6, 6.07) is 16.9. The number of rotatable bonds is 7. The Morgan fingerprint density at radius 2 is 1.69 bits per heavy atom. The smallest absolute Gasteiger partial charge is 0.191 e. The molecule has 0 spiro atoms. The Hall–Kier alpha value is -2.99. The molecule has 0 aliphatic heterocycles. The maximum Gasteiger partial charge on any atom is 0.191 e. The molecule has 2 N–H and O–H groups in total. The maximum atomic E-state index is 13.9. The van der Waals surface area contributed by atoms with Crippen molar-refractivity contribution in [3.63, 3.8) is 0 Å². The largest absolute Gasteiger partial charge is 0.342 e. The van der Waals surface area contributed by atoms with Gasteiger partial charge in [-0.3, -0.25) is 5.43 Å². The molecule has 0 aliphatic carbocycles. The number of hydrogen-bond donors (Lipinski definition) is 2. The number of nitrogens with one attached hydrogen (secondary N) is 2. The number of aromatic nitrogens is 1. The van der Waals surface area contributed by atoms with Gasteiger partial charge in [0, 0.05) is 17.4 Å². The summed E-state index contributed by atoms with van der Waals surface area (Å²) in [6.45, 7) is 4.68. The number of hydrogen-bond acceptors (Lipinski definition) is 2. The first-order valence-corrected chi connectivity index (χ1v) is 10.1. The molecule has 29 heavy (non-hydrogen) atoms. The number of hydrazone groups is 1. The van der Waals surface area contributed by atoms with Gasteiger partial charge in [-0.1, -0.05) is 50.2 Å². The predicted molar refractivity (Wildman–Crippen MR) is 122 cm³/mol. The minimum absolute atomic E-state index is 0.214. The number of para-hydroxylation sites is 1. The first-order chi connectivity index (χ1) is 14.1. The van der Waals surface area contributed by atoms with Gasteiger partial charge in [0.15, 0.2) is 5.11 Å². The quantitative estimate of drug-likeness (QED) is 0.324. The van der Waals surface area contributed by atoms with Gasteiger partial charge in [-0.25, -0.2) is 4.39 Å². The van der Waals surface area contributed by atoms with Gasteiger partial charge in [0.05, 0.1) is 18.5 Å². The van der Waals surface area contributed by atoms with Gasteiger partial charge in [0.25, 0.3) is 0 Å². The molecule has 1 heterocycles. The van der Waals surface area contributed by atoms with Crippen molar-refractivity contribution in [2.75, 3.05) is 5.32 Å². The van der Waals surface area contributed by atoms with E-state index in [4.69, 9.17) is 12.2 Å². The molecule has 150 valence electrons. The molecule has 0 atom stereocenters. The van der Waals surface area contributed by atoms with Gasteiger partial charge in [0.1, 0.15) is 5.82 Å². The van der Waals surface area contributed by atoms with Gasteiger partial charge < -0.3 is 9.88 Å². The highest BCUT2D eigenvalue weighted by Gasteiger charge is 2.08. The monoisotopic (exact) mass is 408 g/mol. The van der Waals surface area contributed by atoms with E-state index in [2.05, 4.69) is 47.9 Å². The second-order valence-electron chi connectivity index (χ2n) is 6.63. The Bertz CT molecular complexity index is 987. The molecule has 0 saturated heterocycles. The molecule has 0 bridgehead atoms. The van der Waals surface area contributed by atoms with Crippen LogP contribution in [0.2, 0.25) is 0 Å². The van der Waals surface area contributed by atoms with Crippen LogP contribution >= 0.6 is 12.2 Å². The van der Waals surface area contributed by atoms with E-state index in [1.165, 1.54) is 17.2 Å². The van der Waals surface area contributed by atoms with E-state index >= 15 is 0 Å². The third-order valence-electron chi connectivity index (χ3n) is 4.76. The van der Waals surface area contributed by atoms with Crippen molar-refractivity contribution in [3.8, 4) is 0 Å². The maximum absolute atomic E-state index is 13.9. The van der Waals surface area contributed by atoms with Gasteiger partial charge in [-0.05, 0) is 54.4 Å². The highest BCUT2D eigenvalue weighted by Crippen LogP contribution is 2.22. The van der Waals surface area contributed by atoms with Gasteiger partial charge in [-0.15, -0.1) is 0 Å². The Morgan fingerprint density at radius 1 is 1.00 bits per heavy atom. The van der Waals surface area contributed by atoms with Crippen molar-refractivity contribution in [3.05, 3.63) is 89.0 Å².